The molecule has 1 aliphatic rings. The first-order valence-electron chi connectivity index (χ1n) is 7.80. The predicted octanol–water partition coefficient (Wildman–Crippen LogP) is 3.47. The third kappa shape index (κ3) is 3.10. The van der Waals surface area contributed by atoms with Crippen LogP contribution < -0.4 is 4.90 Å². The zero-order chi connectivity index (χ0) is 18.1. The maximum Gasteiger partial charge on any atom is 0.269 e. The molecular formula is C18H17FN2O4. The second-order valence-electron chi connectivity index (χ2n) is 6.04. The largest absolute Gasteiger partial charge is 0.380 e. The van der Waals surface area contributed by atoms with Crippen molar-refractivity contribution in [2.45, 2.75) is 26.0 Å². The van der Waals surface area contributed by atoms with Crippen molar-refractivity contribution in [2.24, 2.45) is 0 Å². The Labute approximate surface area is 144 Å². The van der Waals surface area contributed by atoms with Gasteiger partial charge in [0, 0.05) is 42.1 Å². The van der Waals surface area contributed by atoms with E-state index >= 15 is 0 Å². The van der Waals surface area contributed by atoms with E-state index < -0.39 is 10.7 Å². The highest BCUT2D eigenvalue weighted by Crippen LogP contribution is 2.35. The first-order chi connectivity index (χ1) is 11.9. The fourth-order valence-electron chi connectivity index (χ4n) is 3.15. The minimum atomic E-state index is -0.452. The third-order valence-electron chi connectivity index (χ3n) is 4.30. The van der Waals surface area contributed by atoms with Gasteiger partial charge in [-0.3, -0.25) is 14.9 Å². The normalized spacial score (nSPS) is 16.0. The molecule has 0 saturated carbocycles. The second kappa shape index (κ2) is 6.60. The summed E-state index contributed by atoms with van der Waals surface area (Å²) < 4.78 is 18.7. The molecule has 0 unspecified atom stereocenters. The molecule has 0 bridgehead atoms. The van der Waals surface area contributed by atoms with Crippen LogP contribution in [0.15, 0.2) is 36.4 Å². The van der Waals surface area contributed by atoms with E-state index in [1.54, 1.807) is 11.0 Å². The molecule has 0 spiro atoms. The molecule has 6 nitrogen and oxygen atoms in total. The maximum atomic E-state index is 13.8. The van der Waals surface area contributed by atoms with Crippen LogP contribution in [0.2, 0.25) is 0 Å². The number of nitro groups is 1. The molecule has 3 rings (SSSR count). The number of benzene rings is 2. The number of fused-ring (bicyclic) bond motifs is 1. The summed E-state index contributed by atoms with van der Waals surface area (Å²) in [4.78, 5) is 25.0. The van der Waals surface area contributed by atoms with Gasteiger partial charge in [-0.15, -0.1) is 0 Å². The highest BCUT2D eigenvalue weighted by atomic mass is 19.1. The number of carbonyl (C=O) groups excluding carboxylic acids is 1. The molecule has 0 N–H and O–H groups in total. The molecule has 0 aliphatic carbocycles. The summed E-state index contributed by atoms with van der Waals surface area (Å²) in [5.41, 5.74) is 2.08. The van der Waals surface area contributed by atoms with Gasteiger partial charge in [-0.05, 0) is 43.2 Å². The number of nitro benzene ring substituents is 1. The van der Waals surface area contributed by atoms with Gasteiger partial charge in [0.05, 0.1) is 11.5 Å². The summed E-state index contributed by atoms with van der Waals surface area (Å²) in [6.07, 6.45) is 0.537. The highest BCUT2D eigenvalue weighted by Gasteiger charge is 2.32. The van der Waals surface area contributed by atoms with E-state index in [0.29, 0.717) is 23.2 Å². The molecule has 2 aromatic rings. The lowest BCUT2D eigenvalue weighted by Crippen LogP contribution is -2.35. The number of amides is 1. The average molecular weight is 344 g/mol. The average Bonchev–Trinajstić information content (AvgIpc) is 2.91. The number of rotatable bonds is 4. The molecule has 0 radical (unpaired) electrons. The van der Waals surface area contributed by atoms with Gasteiger partial charge in [0.25, 0.3) is 11.6 Å². The Morgan fingerprint density at radius 3 is 2.80 bits per heavy atom. The molecule has 2 aromatic carbocycles. The molecule has 1 atom stereocenters. The number of hydrogen-bond donors (Lipinski definition) is 0. The van der Waals surface area contributed by atoms with E-state index in [-0.39, 0.29) is 24.2 Å². The molecule has 0 saturated heterocycles. The van der Waals surface area contributed by atoms with Gasteiger partial charge in [0.15, 0.2) is 0 Å². The van der Waals surface area contributed by atoms with Crippen LogP contribution in [0.1, 0.15) is 28.4 Å². The fraction of sp³-hybridized carbons (Fsp3) is 0.278. The van der Waals surface area contributed by atoms with Gasteiger partial charge in [-0.1, -0.05) is 0 Å². The minimum absolute atomic E-state index is 0.00409. The van der Waals surface area contributed by atoms with E-state index in [9.17, 15) is 19.3 Å². The van der Waals surface area contributed by atoms with Crippen LogP contribution in [0.5, 0.6) is 0 Å². The number of halogens is 1. The topological polar surface area (TPSA) is 72.7 Å². The van der Waals surface area contributed by atoms with Gasteiger partial charge in [-0.25, -0.2) is 4.39 Å². The highest BCUT2D eigenvalue weighted by molar-refractivity contribution is 6.08. The van der Waals surface area contributed by atoms with Crippen LogP contribution in [0.3, 0.4) is 0 Å². The van der Waals surface area contributed by atoms with E-state index in [1.165, 1.54) is 37.4 Å². The molecule has 1 aliphatic heterocycles. The molecular weight excluding hydrogens is 327 g/mol. The smallest absolute Gasteiger partial charge is 0.269 e. The van der Waals surface area contributed by atoms with Crippen LogP contribution in [-0.2, 0) is 17.8 Å². The molecule has 0 fully saturated rings. The minimum Gasteiger partial charge on any atom is -0.380 e. The van der Waals surface area contributed by atoms with E-state index in [1.807, 2.05) is 6.92 Å². The van der Waals surface area contributed by atoms with Crippen molar-refractivity contribution in [3.8, 4) is 0 Å². The summed E-state index contributed by atoms with van der Waals surface area (Å²) in [7, 11) is 1.46. The quantitative estimate of drug-likeness (QED) is 0.629. The summed E-state index contributed by atoms with van der Waals surface area (Å²) in [5, 5.41) is 10.9. The van der Waals surface area contributed by atoms with Crippen molar-refractivity contribution in [2.75, 3.05) is 12.0 Å². The molecule has 1 amide bonds. The van der Waals surface area contributed by atoms with Crippen LogP contribution in [0, 0.1) is 15.9 Å². The van der Waals surface area contributed by atoms with Crippen LogP contribution in [0.25, 0.3) is 0 Å². The van der Waals surface area contributed by atoms with Gasteiger partial charge < -0.3 is 9.64 Å². The van der Waals surface area contributed by atoms with Crippen molar-refractivity contribution in [3.05, 3.63) is 69.0 Å². The zero-order valence-corrected chi connectivity index (χ0v) is 13.9. The van der Waals surface area contributed by atoms with E-state index in [0.717, 1.165) is 5.56 Å². The van der Waals surface area contributed by atoms with E-state index in [4.69, 9.17) is 4.74 Å². The third-order valence-corrected chi connectivity index (χ3v) is 4.30. The summed E-state index contributed by atoms with van der Waals surface area (Å²) in [5.74, 6) is -0.693. The number of methoxy groups -OCH3 is 1. The lowest BCUT2D eigenvalue weighted by atomic mass is 10.1. The van der Waals surface area contributed by atoms with Gasteiger partial charge in [0.2, 0.25) is 0 Å². The SMILES string of the molecule is COCc1cc(C(=O)N2c3ccc([N+](=O)[O-])cc3C[C@H]2C)ccc1F. The number of carbonyl (C=O) groups is 1. The van der Waals surface area contributed by atoms with Gasteiger partial charge in [-0.2, -0.15) is 0 Å². The van der Waals surface area contributed by atoms with Crippen LogP contribution >= 0.6 is 0 Å². The molecule has 25 heavy (non-hydrogen) atoms. The number of non-ortho nitro benzene ring substituents is 1. The van der Waals surface area contributed by atoms with Crippen molar-refractivity contribution in [1.82, 2.24) is 0 Å². The number of nitrogens with zero attached hydrogens (tertiary/aromatic N) is 2. The lowest BCUT2D eigenvalue weighted by molar-refractivity contribution is -0.384. The predicted molar refractivity (Wildman–Crippen MR) is 90.2 cm³/mol. The Morgan fingerprint density at radius 2 is 2.12 bits per heavy atom. The van der Waals surface area contributed by atoms with Crippen molar-refractivity contribution >= 4 is 17.3 Å². The van der Waals surface area contributed by atoms with Crippen molar-refractivity contribution in [3.63, 3.8) is 0 Å². The number of hydrogen-bond acceptors (Lipinski definition) is 4. The Bertz CT molecular complexity index is 853. The Balaban J connectivity index is 1.96. The second-order valence-corrected chi connectivity index (χ2v) is 6.04. The first kappa shape index (κ1) is 17.0. The van der Waals surface area contributed by atoms with Crippen molar-refractivity contribution in [1.29, 1.82) is 0 Å². The fourth-order valence-corrected chi connectivity index (χ4v) is 3.15. The Hall–Kier alpha value is -2.80. The molecule has 1 heterocycles. The maximum absolute atomic E-state index is 13.8. The van der Waals surface area contributed by atoms with Crippen molar-refractivity contribution < 1.29 is 18.8 Å². The molecule has 7 heteroatoms. The van der Waals surface area contributed by atoms with Gasteiger partial charge >= 0.3 is 0 Å². The summed E-state index contributed by atoms with van der Waals surface area (Å²) >= 11 is 0. The molecule has 0 aromatic heterocycles. The summed E-state index contributed by atoms with van der Waals surface area (Å²) in [6.45, 7) is 1.95. The van der Waals surface area contributed by atoms with Gasteiger partial charge in [0.1, 0.15) is 5.82 Å². The zero-order valence-electron chi connectivity index (χ0n) is 13.9. The van der Waals surface area contributed by atoms with E-state index in [2.05, 4.69) is 0 Å². The standard InChI is InChI=1S/C18H17FN2O4/c1-11-7-13-9-15(21(23)24)4-6-17(13)20(11)18(22)12-3-5-16(19)14(8-12)10-25-2/h3-6,8-9,11H,7,10H2,1-2H3/t11-/m1/s1. The van der Waals surface area contributed by atoms with Crippen LogP contribution in [0.4, 0.5) is 15.8 Å². The first-order valence-corrected chi connectivity index (χ1v) is 7.80. The Kier molecular flexibility index (Phi) is 4.50. The lowest BCUT2D eigenvalue weighted by Gasteiger charge is -2.23. The van der Waals surface area contributed by atoms with Crippen LogP contribution in [-0.4, -0.2) is 24.0 Å². The molecule has 130 valence electrons. The number of ether oxygens (including phenoxy) is 1. The Morgan fingerprint density at radius 1 is 1.36 bits per heavy atom. The summed E-state index contributed by atoms with van der Waals surface area (Å²) in [6, 6.07) is 8.51. The number of anilines is 1. The monoisotopic (exact) mass is 344 g/mol.